The Morgan fingerprint density at radius 1 is 1.04 bits per heavy atom. The molecule has 5 heteroatoms. The predicted molar refractivity (Wildman–Crippen MR) is 111 cm³/mol. The smallest absolute Gasteiger partial charge is 0.223 e. The third-order valence-corrected chi connectivity index (χ3v) is 4.92. The summed E-state index contributed by atoms with van der Waals surface area (Å²) in [7, 11) is 1.86. The molecule has 27 heavy (non-hydrogen) atoms. The van der Waals surface area contributed by atoms with E-state index in [0.717, 1.165) is 35.5 Å². The lowest BCUT2D eigenvalue weighted by Gasteiger charge is -2.22. The van der Waals surface area contributed by atoms with Gasteiger partial charge in [0.05, 0.1) is 11.0 Å². The Labute approximate surface area is 161 Å². The number of nitrogens with zero attached hydrogens (tertiary/aromatic N) is 3. The minimum absolute atomic E-state index is 0.128. The molecule has 0 bridgehead atoms. The molecule has 0 aliphatic heterocycles. The van der Waals surface area contributed by atoms with Crippen molar-refractivity contribution in [3.05, 3.63) is 59.9 Å². The highest BCUT2D eigenvalue weighted by molar-refractivity contribution is 5.77. The van der Waals surface area contributed by atoms with Crippen molar-refractivity contribution in [3.63, 3.8) is 0 Å². The molecule has 0 spiro atoms. The topological polar surface area (TPSA) is 52.2 Å². The first kappa shape index (κ1) is 19.0. The fraction of sp³-hybridized carbons (Fsp3) is 0.364. The van der Waals surface area contributed by atoms with Gasteiger partial charge in [-0.05, 0) is 43.7 Å². The number of aryl methyl sites for hydroxylation is 1. The summed E-state index contributed by atoms with van der Waals surface area (Å²) in [6.07, 6.45) is 1.08. The third kappa shape index (κ3) is 4.67. The Bertz CT molecular complexity index is 848. The van der Waals surface area contributed by atoms with Crippen LogP contribution in [0, 0.1) is 0 Å². The first-order chi connectivity index (χ1) is 13.1. The van der Waals surface area contributed by atoms with Crippen LogP contribution < -0.4 is 4.90 Å². The maximum absolute atomic E-state index is 12.5. The van der Waals surface area contributed by atoms with Gasteiger partial charge in [-0.2, -0.15) is 0 Å². The molecule has 0 aliphatic rings. The van der Waals surface area contributed by atoms with Crippen LogP contribution in [-0.4, -0.2) is 40.9 Å². The average Bonchev–Trinajstić information content (AvgIpc) is 3.11. The van der Waals surface area contributed by atoms with Crippen molar-refractivity contribution in [3.8, 4) is 0 Å². The number of aromatic amines is 1. The number of rotatable bonds is 8. The lowest BCUT2D eigenvalue weighted by molar-refractivity contribution is -0.130. The number of carbonyl (C=O) groups is 1. The Balaban J connectivity index is 1.54. The van der Waals surface area contributed by atoms with Crippen LogP contribution >= 0.6 is 0 Å². The SMILES string of the molecule is CCN(CC)c1ccc(CN(C)C(=O)CCc2nc3ccccc3[nH]2)cc1. The Morgan fingerprint density at radius 2 is 1.74 bits per heavy atom. The number of carbonyl (C=O) groups excluding carboxylic acids is 1. The minimum Gasteiger partial charge on any atom is -0.372 e. The van der Waals surface area contributed by atoms with Gasteiger partial charge in [0.2, 0.25) is 5.91 Å². The third-order valence-electron chi connectivity index (χ3n) is 4.92. The molecule has 0 radical (unpaired) electrons. The van der Waals surface area contributed by atoms with Crippen LogP contribution in [0.3, 0.4) is 0 Å². The van der Waals surface area contributed by atoms with E-state index in [1.165, 1.54) is 5.69 Å². The maximum Gasteiger partial charge on any atom is 0.223 e. The standard InChI is InChI=1S/C22H28N4O/c1-4-26(5-2)18-12-10-17(11-13-18)16-25(3)22(27)15-14-21-23-19-8-6-7-9-20(19)24-21/h6-13H,4-5,14-16H2,1-3H3,(H,23,24). The van der Waals surface area contributed by atoms with E-state index in [9.17, 15) is 4.79 Å². The summed E-state index contributed by atoms with van der Waals surface area (Å²) in [5, 5.41) is 0. The number of fused-ring (bicyclic) bond motifs is 1. The molecular weight excluding hydrogens is 336 g/mol. The number of benzene rings is 2. The molecule has 1 heterocycles. The summed E-state index contributed by atoms with van der Waals surface area (Å²) in [6.45, 7) is 6.93. The number of amides is 1. The molecule has 1 amide bonds. The van der Waals surface area contributed by atoms with Gasteiger partial charge < -0.3 is 14.8 Å². The number of H-pyrrole nitrogens is 1. The molecule has 0 atom stereocenters. The number of para-hydroxylation sites is 2. The fourth-order valence-electron chi connectivity index (χ4n) is 3.30. The van der Waals surface area contributed by atoms with Gasteiger partial charge in [-0.3, -0.25) is 4.79 Å². The van der Waals surface area contributed by atoms with Gasteiger partial charge in [0.1, 0.15) is 5.82 Å². The molecule has 3 rings (SSSR count). The van der Waals surface area contributed by atoms with Gasteiger partial charge in [-0.1, -0.05) is 24.3 Å². The van der Waals surface area contributed by atoms with Gasteiger partial charge in [-0.15, -0.1) is 0 Å². The summed E-state index contributed by atoms with van der Waals surface area (Å²) in [5.74, 6) is 0.991. The minimum atomic E-state index is 0.128. The van der Waals surface area contributed by atoms with Crippen LogP contribution in [0.1, 0.15) is 31.7 Å². The van der Waals surface area contributed by atoms with Gasteiger partial charge in [0.25, 0.3) is 0 Å². The molecule has 1 aromatic heterocycles. The Kier molecular flexibility index (Phi) is 6.12. The highest BCUT2D eigenvalue weighted by atomic mass is 16.2. The van der Waals surface area contributed by atoms with Crippen molar-refractivity contribution in [2.45, 2.75) is 33.2 Å². The molecule has 142 valence electrons. The van der Waals surface area contributed by atoms with Crippen molar-refractivity contribution >= 4 is 22.6 Å². The van der Waals surface area contributed by atoms with E-state index in [1.807, 2.05) is 31.3 Å². The van der Waals surface area contributed by atoms with E-state index in [1.54, 1.807) is 4.90 Å². The van der Waals surface area contributed by atoms with E-state index in [0.29, 0.717) is 19.4 Å². The van der Waals surface area contributed by atoms with E-state index in [-0.39, 0.29) is 5.91 Å². The zero-order valence-corrected chi connectivity index (χ0v) is 16.4. The average molecular weight is 364 g/mol. The molecule has 0 saturated carbocycles. The van der Waals surface area contributed by atoms with Gasteiger partial charge in [-0.25, -0.2) is 4.98 Å². The van der Waals surface area contributed by atoms with Crippen molar-refractivity contribution in [2.75, 3.05) is 25.0 Å². The van der Waals surface area contributed by atoms with Crippen molar-refractivity contribution in [2.24, 2.45) is 0 Å². The molecule has 2 aromatic carbocycles. The van der Waals surface area contributed by atoms with Crippen LogP contribution in [0.15, 0.2) is 48.5 Å². The van der Waals surface area contributed by atoms with Gasteiger partial charge in [0, 0.05) is 45.2 Å². The molecule has 0 aliphatic carbocycles. The van der Waals surface area contributed by atoms with Crippen molar-refractivity contribution in [1.29, 1.82) is 0 Å². The molecule has 3 aromatic rings. The number of imidazole rings is 1. The second kappa shape index (κ2) is 8.71. The van der Waals surface area contributed by atoms with E-state index in [2.05, 4.69) is 53.0 Å². The van der Waals surface area contributed by atoms with Crippen LogP contribution in [0.2, 0.25) is 0 Å². The lowest BCUT2D eigenvalue weighted by atomic mass is 10.1. The van der Waals surface area contributed by atoms with Crippen LogP contribution in [-0.2, 0) is 17.8 Å². The number of anilines is 1. The number of hydrogen-bond donors (Lipinski definition) is 1. The van der Waals surface area contributed by atoms with Crippen molar-refractivity contribution in [1.82, 2.24) is 14.9 Å². The first-order valence-electron chi connectivity index (χ1n) is 9.62. The van der Waals surface area contributed by atoms with Gasteiger partial charge >= 0.3 is 0 Å². The van der Waals surface area contributed by atoms with Crippen molar-refractivity contribution < 1.29 is 4.79 Å². The number of hydrogen-bond acceptors (Lipinski definition) is 3. The summed E-state index contributed by atoms with van der Waals surface area (Å²) in [4.78, 5) is 24.4. The normalized spacial score (nSPS) is 10.9. The fourth-order valence-corrected chi connectivity index (χ4v) is 3.30. The highest BCUT2D eigenvalue weighted by Crippen LogP contribution is 2.16. The van der Waals surface area contributed by atoms with E-state index in [4.69, 9.17) is 0 Å². The highest BCUT2D eigenvalue weighted by Gasteiger charge is 2.11. The lowest BCUT2D eigenvalue weighted by Crippen LogP contribution is -2.26. The summed E-state index contributed by atoms with van der Waals surface area (Å²) in [5.41, 5.74) is 4.33. The quantitative estimate of drug-likeness (QED) is 0.657. The summed E-state index contributed by atoms with van der Waals surface area (Å²) >= 11 is 0. The zero-order chi connectivity index (χ0) is 19.2. The largest absolute Gasteiger partial charge is 0.372 e. The number of aromatic nitrogens is 2. The molecular formula is C22H28N4O. The van der Waals surface area contributed by atoms with Crippen LogP contribution in [0.25, 0.3) is 11.0 Å². The Morgan fingerprint density at radius 3 is 2.41 bits per heavy atom. The zero-order valence-electron chi connectivity index (χ0n) is 16.4. The molecule has 0 fully saturated rings. The summed E-state index contributed by atoms with van der Waals surface area (Å²) < 4.78 is 0. The molecule has 1 N–H and O–H groups in total. The predicted octanol–water partition coefficient (Wildman–Crippen LogP) is 4.00. The Hall–Kier alpha value is -2.82. The maximum atomic E-state index is 12.5. The second-order valence-electron chi connectivity index (χ2n) is 6.79. The van der Waals surface area contributed by atoms with Crippen LogP contribution in [0.4, 0.5) is 5.69 Å². The number of nitrogens with one attached hydrogen (secondary N) is 1. The molecule has 0 unspecified atom stereocenters. The van der Waals surface area contributed by atoms with E-state index >= 15 is 0 Å². The first-order valence-corrected chi connectivity index (χ1v) is 9.62. The molecule has 0 saturated heterocycles. The second-order valence-corrected chi connectivity index (χ2v) is 6.79. The summed E-state index contributed by atoms with van der Waals surface area (Å²) in [6, 6.07) is 16.4. The van der Waals surface area contributed by atoms with E-state index < -0.39 is 0 Å². The molecule has 5 nitrogen and oxygen atoms in total. The van der Waals surface area contributed by atoms with Crippen LogP contribution in [0.5, 0.6) is 0 Å². The monoisotopic (exact) mass is 364 g/mol. The van der Waals surface area contributed by atoms with Gasteiger partial charge in [0.15, 0.2) is 0 Å².